The maximum atomic E-state index is 13.6. The molecule has 6 aliphatic heterocycles. The van der Waals surface area contributed by atoms with Crippen molar-refractivity contribution in [1.29, 1.82) is 0 Å². The van der Waals surface area contributed by atoms with Gasteiger partial charge in [0.1, 0.15) is 49.6 Å². The number of aryl methyl sites for hydroxylation is 3. The minimum Gasteiger partial charge on any atom is -0.461 e. The number of ether oxygens (including phenoxy) is 1. The van der Waals surface area contributed by atoms with Crippen LogP contribution in [-0.2, 0) is 95.7 Å². The van der Waals surface area contributed by atoms with Gasteiger partial charge in [0.2, 0.25) is 17.8 Å². The molecule has 31 heteroatoms. The van der Waals surface area contributed by atoms with Gasteiger partial charge in [0.05, 0.1) is 101 Å². The number of imidazole rings is 2. The summed E-state index contributed by atoms with van der Waals surface area (Å²) in [5, 5.41) is 37.9. The minimum atomic E-state index is -1.15. The molecule has 0 amide bonds. The van der Waals surface area contributed by atoms with E-state index in [1.165, 1.54) is 24.3 Å². The molecule has 0 fully saturated rings. The number of hydrogen-bond acceptors (Lipinski definition) is 23. The van der Waals surface area contributed by atoms with E-state index in [2.05, 4.69) is 55.6 Å². The largest absolute Gasteiger partial charge is 0.461 e. The van der Waals surface area contributed by atoms with Gasteiger partial charge in [0.15, 0.2) is 23.2 Å². The van der Waals surface area contributed by atoms with Gasteiger partial charge < -0.3 is 59.3 Å². The van der Waals surface area contributed by atoms with Crippen LogP contribution in [0.4, 0.5) is 49.8 Å². The lowest BCUT2D eigenvalue weighted by Gasteiger charge is -2.29. The van der Waals surface area contributed by atoms with Crippen molar-refractivity contribution in [3.63, 3.8) is 0 Å². The zero-order chi connectivity index (χ0) is 63.6. The fourth-order valence-electron chi connectivity index (χ4n) is 11.4. The monoisotopic (exact) mass is 1300 g/mol. The molecule has 91 heavy (non-hydrogen) atoms. The Morgan fingerprint density at radius 3 is 1.69 bits per heavy atom. The number of anilines is 7. The molecule has 0 saturated carbocycles. The van der Waals surface area contributed by atoms with E-state index in [1.54, 1.807) is 43.6 Å². The van der Waals surface area contributed by atoms with Gasteiger partial charge in [0.25, 0.3) is 0 Å². The van der Waals surface area contributed by atoms with Gasteiger partial charge in [-0.2, -0.15) is 15.0 Å². The maximum Gasteiger partial charge on any atom is 0.358 e. The van der Waals surface area contributed by atoms with Crippen molar-refractivity contribution in [3.8, 4) is 11.4 Å². The van der Waals surface area contributed by atoms with Crippen LogP contribution < -0.4 is 30.7 Å². The van der Waals surface area contributed by atoms with Crippen molar-refractivity contribution in [2.45, 2.75) is 120 Å². The van der Waals surface area contributed by atoms with Crippen LogP contribution in [0.25, 0.3) is 11.4 Å². The number of hydrogen-bond donors (Lipinski definition) is 5. The predicted octanol–water partition coefficient (Wildman–Crippen LogP) is 5.19. The quantitative estimate of drug-likeness (QED) is 0.0778. The van der Waals surface area contributed by atoms with E-state index in [4.69, 9.17) is 24.7 Å². The van der Waals surface area contributed by atoms with E-state index in [1.807, 2.05) is 52.8 Å². The number of halogens is 2. The molecule has 8 aromatic rings. The van der Waals surface area contributed by atoms with E-state index in [0.29, 0.717) is 156 Å². The Kier molecular flexibility index (Phi) is 18.9. The molecule has 12 heterocycles. The molecule has 0 saturated heterocycles. The standard InChI is InChI=1S/C22H26FN7O2S.C20H28N6O4S.C18H17FN6OS/c1-13(2)17(12-31)24-20-19-16(7-10-33(19)32)25-22(26-20)29-8-9-30-18(11-29)27-28-21(30)14-3-5-15(23)6-4-14;1-4-30-19(28)14-9-25-6-7-26(10-16(25)21-14)20-23-13-5-8-31(29)17(13)18(24-20)22-15(11-27)12(2)3;19-12-2-1-3-13(10-12)21-17-16-14(4-9-27(16)26)22-18(23-17)25-8-7-24-6-5-20-15(24)11-25/h3-6,13,17,31H,7-12H2,1-2H3,(H,24,25,26);9,12,15,27H,4-8,10-11H2,1-3H3,(H,22,23,24);1-3,5-6,10H,4,7-9,11H2,(H,21,22,23)/t17-,33?;15-,31?;/m00./s1. The van der Waals surface area contributed by atoms with Crippen LogP contribution in [0, 0.1) is 23.5 Å². The van der Waals surface area contributed by atoms with Crippen LogP contribution in [0.15, 0.2) is 81.8 Å². The highest BCUT2D eigenvalue weighted by Gasteiger charge is 2.34. The second-order valence-electron chi connectivity index (χ2n) is 23.2. The molecule has 14 rings (SSSR count). The Balaban J connectivity index is 0.000000133. The summed E-state index contributed by atoms with van der Waals surface area (Å²) in [5.41, 5.74) is 4.06. The Morgan fingerprint density at radius 2 is 1.14 bits per heavy atom. The molecule has 26 nitrogen and oxygen atoms in total. The molecule has 480 valence electrons. The second kappa shape index (κ2) is 27.3. The van der Waals surface area contributed by atoms with Gasteiger partial charge in [-0.1, -0.05) is 33.8 Å². The molecule has 6 aliphatic rings. The summed E-state index contributed by atoms with van der Waals surface area (Å²) < 4.78 is 75.6. The molecule has 0 spiro atoms. The number of nitrogens with one attached hydrogen (secondary N) is 3. The number of nitrogens with zero attached hydrogens (tertiary/aromatic N) is 16. The summed E-state index contributed by atoms with van der Waals surface area (Å²) in [7, 11) is -3.45. The van der Waals surface area contributed by atoms with Crippen molar-refractivity contribution in [2.75, 3.05) is 87.4 Å². The van der Waals surface area contributed by atoms with Crippen molar-refractivity contribution in [3.05, 3.63) is 119 Å². The van der Waals surface area contributed by atoms with Gasteiger partial charge >= 0.3 is 5.97 Å². The second-order valence-corrected chi connectivity index (χ2v) is 27.7. The fraction of sp³-hybridized carbons (Fsp3) is 0.450. The zero-order valence-corrected chi connectivity index (χ0v) is 53.4. The van der Waals surface area contributed by atoms with Crippen LogP contribution in [0.5, 0.6) is 0 Å². The first-order valence-electron chi connectivity index (χ1n) is 30.3. The highest BCUT2D eigenvalue weighted by molar-refractivity contribution is 7.86. The molecular formula is C60H71F2N19O7S3. The van der Waals surface area contributed by atoms with Crippen LogP contribution in [0.1, 0.15) is 79.7 Å². The van der Waals surface area contributed by atoms with Gasteiger partial charge in [-0.15, -0.1) is 10.2 Å². The summed E-state index contributed by atoms with van der Waals surface area (Å²) in [6.45, 7) is 15.7. The van der Waals surface area contributed by atoms with Crippen LogP contribution >= 0.6 is 0 Å². The van der Waals surface area contributed by atoms with Gasteiger partial charge in [0, 0.05) is 106 Å². The number of esters is 1. The number of benzene rings is 2. The van der Waals surface area contributed by atoms with Crippen molar-refractivity contribution in [1.82, 2.24) is 63.8 Å². The first-order chi connectivity index (χ1) is 44.0. The molecule has 5 N–H and O–H groups in total. The van der Waals surface area contributed by atoms with Crippen LogP contribution in [0.2, 0.25) is 0 Å². The summed E-state index contributed by atoms with van der Waals surface area (Å²) in [5.74, 6) is 7.32. The minimum absolute atomic E-state index is 0.0443. The smallest absolute Gasteiger partial charge is 0.358 e. The first kappa shape index (κ1) is 62.9. The molecule has 5 atom stereocenters. The first-order valence-corrected chi connectivity index (χ1v) is 34.3. The number of aliphatic hydroxyl groups excluding tert-OH is 2. The van der Waals surface area contributed by atoms with Crippen molar-refractivity contribution in [2.24, 2.45) is 11.8 Å². The topological polar surface area (TPSA) is 307 Å². The lowest BCUT2D eigenvalue weighted by molar-refractivity contribution is 0.0519. The normalized spacial score (nSPS) is 18.4. The van der Waals surface area contributed by atoms with Crippen LogP contribution in [-0.4, -0.2) is 161 Å². The van der Waals surface area contributed by atoms with E-state index in [0.717, 1.165) is 53.2 Å². The average molecular weight is 1300 g/mol. The summed E-state index contributed by atoms with van der Waals surface area (Å²) in [6.07, 6.45) is 7.40. The molecule has 2 aromatic carbocycles. The summed E-state index contributed by atoms with van der Waals surface area (Å²) in [6, 6.07) is 12.0. The average Bonchev–Trinajstić information content (AvgIpc) is 2.10. The lowest BCUT2D eigenvalue weighted by atomic mass is 10.1. The van der Waals surface area contributed by atoms with E-state index >= 15 is 0 Å². The van der Waals surface area contributed by atoms with Crippen molar-refractivity contribution < 1.29 is 41.2 Å². The fourth-order valence-corrected chi connectivity index (χ4v) is 15.3. The maximum absolute atomic E-state index is 13.6. The summed E-state index contributed by atoms with van der Waals surface area (Å²) in [4.78, 5) is 57.1. The number of aromatic nitrogens is 13. The number of carbonyl (C=O) groups excluding carboxylic acids is 1. The Hall–Kier alpha value is -8.26. The molecule has 6 aromatic heterocycles. The Labute approximate surface area is 531 Å². The lowest BCUT2D eigenvalue weighted by Crippen LogP contribution is -2.36. The van der Waals surface area contributed by atoms with Gasteiger partial charge in [-0.05, 0) is 61.2 Å². The highest BCUT2D eigenvalue weighted by Crippen LogP contribution is 2.36. The Morgan fingerprint density at radius 1 is 0.615 bits per heavy atom. The molecule has 0 radical (unpaired) electrons. The number of fused-ring (bicyclic) bond motifs is 6. The third-order valence-corrected chi connectivity index (χ3v) is 20.9. The SMILES string of the molecule is CC(C)[C@H](CO)Nc1nc(N2CCn3c(nnc3-c3ccc(F)cc3)C2)nc2c1S(=O)CC2.CCOC(=O)c1cn2c(n1)CN(c1nc3c(c(N[C@@H](CO)C(C)C)n1)S(=O)CC3)CC2.O=S1CCc2nc(N3CCn4ccnc4C3)nc(Nc3cccc(F)c3)c21. The van der Waals surface area contributed by atoms with Gasteiger partial charge in [-0.25, -0.2) is 38.5 Å². The number of carbonyl (C=O) groups is 1. The zero-order valence-electron chi connectivity index (χ0n) is 51.0. The third kappa shape index (κ3) is 13.6. The third-order valence-electron chi connectivity index (χ3n) is 16.5. The van der Waals surface area contributed by atoms with E-state index in [9.17, 15) is 36.4 Å². The molecule has 3 unspecified atom stereocenters. The van der Waals surface area contributed by atoms with Crippen LogP contribution in [0.3, 0.4) is 0 Å². The molecule has 0 bridgehead atoms. The Bertz CT molecular complexity index is 4070. The molecule has 0 aliphatic carbocycles. The summed E-state index contributed by atoms with van der Waals surface area (Å²) >= 11 is 0. The van der Waals surface area contributed by atoms with E-state index < -0.39 is 38.4 Å². The van der Waals surface area contributed by atoms with Gasteiger partial charge in [-0.3, -0.25) is 12.6 Å². The van der Waals surface area contributed by atoms with Crippen molar-refractivity contribution >= 4 is 79.4 Å². The number of rotatable bonds is 16. The van der Waals surface area contributed by atoms with E-state index in [-0.39, 0.29) is 48.8 Å². The number of aliphatic hydroxyl groups is 2. The predicted molar refractivity (Wildman–Crippen MR) is 338 cm³/mol. The highest BCUT2D eigenvalue weighted by atomic mass is 32.2. The molecular weight excluding hydrogens is 1230 g/mol.